The van der Waals surface area contributed by atoms with Crippen LogP contribution in [0.3, 0.4) is 0 Å². The van der Waals surface area contributed by atoms with Crippen LogP contribution in [-0.2, 0) is 9.53 Å². The number of nitrogens with one attached hydrogen (secondary N) is 2. The maximum atomic E-state index is 12.0. The highest BCUT2D eigenvalue weighted by molar-refractivity contribution is 6.41. The number of carbonyl (C=O) groups excluding carboxylic acids is 1. The average Bonchev–Trinajstić information content (AvgIpc) is 2.85. The molecular weight excluding hydrogens is 503 g/mol. The summed E-state index contributed by atoms with van der Waals surface area (Å²) in [4.78, 5) is 21.1. The topological polar surface area (TPSA) is 94.6 Å². The van der Waals surface area contributed by atoms with Crippen LogP contribution < -0.4 is 20.1 Å². The van der Waals surface area contributed by atoms with Crippen LogP contribution in [0.4, 0.5) is 5.95 Å². The average molecular weight is 531 g/mol. The van der Waals surface area contributed by atoms with Gasteiger partial charge in [-0.15, -0.1) is 0 Å². The van der Waals surface area contributed by atoms with Gasteiger partial charge in [-0.25, -0.2) is 9.97 Å². The zero-order valence-corrected chi connectivity index (χ0v) is 22.0. The Morgan fingerprint density at radius 2 is 1.86 bits per heavy atom. The number of hydrogen-bond acceptors (Lipinski definition) is 7. The lowest BCUT2D eigenvalue weighted by Crippen LogP contribution is -2.56. The first-order valence-corrected chi connectivity index (χ1v) is 12.1. The molecule has 0 saturated carbocycles. The van der Waals surface area contributed by atoms with Gasteiger partial charge in [-0.2, -0.15) is 0 Å². The highest BCUT2D eigenvalue weighted by atomic mass is 35.5. The van der Waals surface area contributed by atoms with E-state index in [1.54, 1.807) is 12.3 Å². The second kappa shape index (κ2) is 10.5. The number of methoxy groups -OCH3 is 2. The van der Waals surface area contributed by atoms with Crippen molar-refractivity contribution in [1.29, 1.82) is 0 Å². The Bertz CT molecular complexity index is 1290. The van der Waals surface area contributed by atoms with Crippen LogP contribution in [0.25, 0.3) is 22.0 Å². The third-order valence-corrected chi connectivity index (χ3v) is 6.87. The van der Waals surface area contributed by atoms with E-state index < -0.39 is 0 Å². The molecule has 2 heterocycles. The molecule has 1 saturated heterocycles. The Morgan fingerprint density at radius 3 is 2.50 bits per heavy atom. The van der Waals surface area contributed by atoms with Gasteiger partial charge in [0.15, 0.2) is 0 Å². The summed E-state index contributed by atoms with van der Waals surface area (Å²) in [7, 11) is 3.07. The highest BCUT2D eigenvalue weighted by Crippen LogP contribution is 2.46. The number of fused-ring (bicyclic) bond motifs is 1. The van der Waals surface area contributed by atoms with E-state index in [1.165, 1.54) is 20.3 Å². The third kappa shape index (κ3) is 5.36. The fourth-order valence-corrected chi connectivity index (χ4v) is 4.98. The monoisotopic (exact) mass is 530 g/mol. The quantitative estimate of drug-likeness (QED) is 0.401. The van der Waals surface area contributed by atoms with Gasteiger partial charge in [0.1, 0.15) is 11.5 Å². The largest absolute Gasteiger partial charge is 0.495 e. The van der Waals surface area contributed by atoms with Crippen LogP contribution in [0.1, 0.15) is 20.3 Å². The molecule has 0 aliphatic carbocycles. The number of carbonyl (C=O) groups is 1. The van der Waals surface area contributed by atoms with Gasteiger partial charge in [-0.3, -0.25) is 4.79 Å². The number of benzene rings is 2. The first kappa shape index (κ1) is 26.0. The molecule has 2 atom stereocenters. The summed E-state index contributed by atoms with van der Waals surface area (Å²) in [6.45, 7) is 7.93. The van der Waals surface area contributed by atoms with Crippen molar-refractivity contribution in [3.63, 3.8) is 0 Å². The van der Waals surface area contributed by atoms with Gasteiger partial charge in [-0.1, -0.05) is 35.8 Å². The molecule has 1 aliphatic heterocycles. The maximum absolute atomic E-state index is 12.0. The van der Waals surface area contributed by atoms with E-state index in [-0.39, 0.29) is 23.6 Å². The summed E-state index contributed by atoms with van der Waals surface area (Å²) in [5.74, 6) is 1.11. The predicted molar refractivity (Wildman–Crippen MR) is 142 cm³/mol. The van der Waals surface area contributed by atoms with Gasteiger partial charge >= 0.3 is 0 Å². The van der Waals surface area contributed by atoms with Crippen LogP contribution in [0, 0.1) is 0 Å². The van der Waals surface area contributed by atoms with E-state index in [0.29, 0.717) is 46.1 Å². The molecule has 36 heavy (non-hydrogen) atoms. The van der Waals surface area contributed by atoms with Crippen LogP contribution in [0.5, 0.6) is 11.5 Å². The van der Waals surface area contributed by atoms with Crippen LogP contribution in [0.15, 0.2) is 43.1 Å². The zero-order chi connectivity index (χ0) is 26.0. The van der Waals surface area contributed by atoms with E-state index in [1.807, 2.05) is 32.0 Å². The zero-order valence-electron chi connectivity index (χ0n) is 20.5. The highest BCUT2D eigenvalue weighted by Gasteiger charge is 2.36. The first-order valence-electron chi connectivity index (χ1n) is 11.4. The summed E-state index contributed by atoms with van der Waals surface area (Å²) in [5.41, 5.74) is 1.74. The molecule has 4 rings (SSSR count). The molecule has 0 radical (unpaired) electrons. The molecule has 190 valence electrons. The maximum Gasteiger partial charge on any atom is 0.243 e. The molecule has 10 heteroatoms. The number of aromatic nitrogens is 2. The second-order valence-corrected chi connectivity index (χ2v) is 9.85. The molecule has 0 bridgehead atoms. The Hall–Kier alpha value is -3.07. The van der Waals surface area contributed by atoms with Gasteiger partial charge in [-0.05, 0) is 44.0 Å². The SMILES string of the molecule is C=CC(=O)NC1CC(C)(C)OCC1Nc1ncc2cc(-c3c(Cl)c(OC)cc(OC)c3Cl)ccc2n1. The van der Waals surface area contributed by atoms with Gasteiger partial charge in [0.05, 0.1) is 54.1 Å². The number of rotatable bonds is 7. The van der Waals surface area contributed by atoms with Crippen molar-refractivity contribution >= 4 is 46.0 Å². The molecule has 1 amide bonds. The second-order valence-electron chi connectivity index (χ2n) is 9.10. The van der Waals surface area contributed by atoms with Crippen LogP contribution in [-0.4, -0.2) is 54.4 Å². The lowest BCUT2D eigenvalue weighted by Gasteiger charge is -2.41. The van der Waals surface area contributed by atoms with Crippen molar-refractivity contribution in [2.45, 2.75) is 38.0 Å². The Kier molecular flexibility index (Phi) is 7.59. The first-order chi connectivity index (χ1) is 17.2. The lowest BCUT2D eigenvalue weighted by atomic mass is 9.90. The lowest BCUT2D eigenvalue weighted by molar-refractivity contribution is -0.120. The van der Waals surface area contributed by atoms with Crippen molar-refractivity contribution < 1.29 is 19.0 Å². The number of amides is 1. The number of nitrogens with zero attached hydrogens (tertiary/aromatic N) is 2. The molecule has 3 aromatic rings. The van der Waals surface area contributed by atoms with Crippen molar-refractivity contribution in [2.24, 2.45) is 0 Å². The molecule has 8 nitrogen and oxygen atoms in total. The van der Waals surface area contributed by atoms with Crippen molar-refractivity contribution in [3.05, 3.63) is 53.2 Å². The molecule has 0 spiro atoms. The minimum atomic E-state index is -0.358. The summed E-state index contributed by atoms with van der Waals surface area (Å²) in [6.07, 6.45) is 3.62. The van der Waals surface area contributed by atoms with Crippen molar-refractivity contribution in [1.82, 2.24) is 15.3 Å². The Balaban J connectivity index is 1.63. The molecule has 2 N–H and O–H groups in total. The number of halogens is 2. The van der Waals surface area contributed by atoms with E-state index in [9.17, 15) is 4.79 Å². The number of hydrogen-bond donors (Lipinski definition) is 2. The fourth-order valence-electron chi connectivity index (χ4n) is 4.26. The summed E-state index contributed by atoms with van der Waals surface area (Å²) in [6, 6.07) is 6.92. The minimum Gasteiger partial charge on any atom is -0.495 e. The van der Waals surface area contributed by atoms with Gasteiger partial charge in [0.2, 0.25) is 11.9 Å². The molecule has 1 fully saturated rings. The molecule has 1 aromatic heterocycles. The molecule has 2 aromatic carbocycles. The van der Waals surface area contributed by atoms with E-state index in [4.69, 9.17) is 37.4 Å². The fraction of sp³-hybridized carbons (Fsp3) is 0.346. The molecule has 1 aliphatic rings. The van der Waals surface area contributed by atoms with E-state index in [2.05, 4.69) is 27.2 Å². The Morgan fingerprint density at radius 1 is 1.17 bits per heavy atom. The van der Waals surface area contributed by atoms with Crippen LogP contribution >= 0.6 is 23.2 Å². The smallest absolute Gasteiger partial charge is 0.243 e. The van der Waals surface area contributed by atoms with Gasteiger partial charge in [0, 0.05) is 23.2 Å². The molecule has 2 unspecified atom stereocenters. The van der Waals surface area contributed by atoms with Crippen molar-refractivity contribution in [3.8, 4) is 22.6 Å². The van der Waals surface area contributed by atoms with Crippen LogP contribution in [0.2, 0.25) is 10.0 Å². The van der Waals surface area contributed by atoms with Gasteiger partial charge < -0.3 is 24.8 Å². The van der Waals surface area contributed by atoms with E-state index >= 15 is 0 Å². The summed E-state index contributed by atoms with van der Waals surface area (Å²) < 4.78 is 16.7. The van der Waals surface area contributed by atoms with E-state index in [0.717, 1.165) is 16.5 Å². The minimum absolute atomic E-state index is 0.173. The van der Waals surface area contributed by atoms with Gasteiger partial charge in [0.25, 0.3) is 0 Å². The summed E-state index contributed by atoms with van der Waals surface area (Å²) >= 11 is 13.2. The summed E-state index contributed by atoms with van der Waals surface area (Å²) in [5, 5.41) is 7.86. The number of anilines is 1. The standard InChI is InChI=1S/C26H28Cl2N4O4/c1-6-21(33)30-17-11-26(2,3)36-13-18(17)32-25-29-12-15-9-14(7-8-16(15)31-25)22-23(27)19(34-4)10-20(35-5)24(22)28/h6-10,12,17-18H,1,11,13H2,2-5H3,(H,30,33)(H,29,31,32). The predicted octanol–water partition coefficient (Wildman–Crippen LogP) is 5.27. The molecular formula is C26H28Cl2N4O4. The third-order valence-electron chi connectivity index (χ3n) is 6.12. The van der Waals surface area contributed by atoms with Crippen molar-refractivity contribution in [2.75, 3.05) is 26.1 Å². The normalized spacial score (nSPS) is 18.9. The Labute approximate surface area is 220 Å². The number of ether oxygens (including phenoxy) is 3.